The van der Waals surface area contributed by atoms with Gasteiger partial charge in [0.2, 0.25) is 0 Å². The fourth-order valence-corrected chi connectivity index (χ4v) is 4.06. The summed E-state index contributed by atoms with van der Waals surface area (Å²) < 4.78 is 2.83. The van der Waals surface area contributed by atoms with Crippen LogP contribution in [-0.4, -0.2) is 21.6 Å². The van der Waals surface area contributed by atoms with Crippen molar-refractivity contribution in [1.82, 2.24) is 9.99 Å². The molecule has 0 unspecified atom stereocenters. The van der Waals surface area contributed by atoms with Crippen LogP contribution in [0.25, 0.3) is 10.9 Å². The molecule has 0 saturated heterocycles. The highest BCUT2D eigenvalue weighted by Gasteiger charge is 2.14. The summed E-state index contributed by atoms with van der Waals surface area (Å²) in [4.78, 5) is 22.9. The Labute approximate surface area is 192 Å². The van der Waals surface area contributed by atoms with Crippen molar-refractivity contribution in [3.63, 3.8) is 0 Å². The number of para-hydroxylation sites is 1. The number of carbonyl (C=O) groups excluding carboxylic acids is 1. The first-order valence-electron chi connectivity index (χ1n) is 9.85. The Balaban J connectivity index is 1.62. The first kappa shape index (κ1) is 21.5. The number of carbonyl (C=O) groups is 1. The predicted octanol–water partition coefficient (Wildman–Crippen LogP) is 5.43. The number of hydrogen-bond acceptors (Lipinski definition) is 4. The minimum atomic E-state index is -0.406. The van der Waals surface area contributed by atoms with Crippen molar-refractivity contribution in [2.45, 2.75) is 13.5 Å². The third kappa shape index (κ3) is 4.31. The van der Waals surface area contributed by atoms with E-state index >= 15 is 0 Å². The molecule has 7 nitrogen and oxygen atoms in total. The largest absolute Gasteiger partial charge is 0.340 e. The molecule has 0 aliphatic rings. The fraction of sp³-hybridized carbons (Fsp3) is 0.0833. The minimum absolute atomic E-state index is 0.0662. The molecule has 1 amide bonds. The number of amides is 1. The van der Waals surface area contributed by atoms with Crippen LogP contribution >= 0.6 is 15.9 Å². The summed E-state index contributed by atoms with van der Waals surface area (Å²) >= 11 is 3.37. The van der Waals surface area contributed by atoms with Crippen molar-refractivity contribution >= 4 is 44.6 Å². The number of hydrazone groups is 1. The van der Waals surface area contributed by atoms with Crippen molar-refractivity contribution in [2.75, 3.05) is 0 Å². The van der Waals surface area contributed by atoms with Crippen LogP contribution in [0.4, 0.5) is 5.69 Å². The quantitative estimate of drug-likeness (QED) is 0.222. The van der Waals surface area contributed by atoms with E-state index in [1.807, 2.05) is 37.3 Å². The number of aromatic nitrogens is 1. The van der Waals surface area contributed by atoms with Gasteiger partial charge >= 0.3 is 0 Å². The van der Waals surface area contributed by atoms with Gasteiger partial charge in [-0.3, -0.25) is 14.9 Å². The monoisotopic (exact) mass is 490 g/mol. The van der Waals surface area contributed by atoms with Crippen molar-refractivity contribution in [2.24, 2.45) is 5.10 Å². The number of nitro groups is 1. The first-order chi connectivity index (χ1) is 15.5. The molecule has 4 aromatic rings. The normalized spacial score (nSPS) is 11.2. The molecule has 160 valence electrons. The van der Waals surface area contributed by atoms with E-state index in [1.54, 1.807) is 36.5 Å². The molecule has 3 aromatic carbocycles. The second kappa shape index (κ2) is 9.15. The number of rotatable bonds is 6. The van der Waals surface area contributed by atoms with Crippen molar-refractivity contribution in [3.8, 4) is 0 Å². The zero-order chi connectivity index (χ0) is 22.7. The van der Waals surface area contributed by atoms with Gasteiger partial charge in [0.25, 0.3) is 11.6 Å². The molecule has 32 heavy (non-hydrogen) atoms. The zero-order valence-corrected chi connectivity index (χ0v) is 18.7. The zero-order valence-electron chi connectivity index (χ0n) is 17.2. The second-order valence-electron chi connectivity index (χ2n) is 7.20. The smallest absolute Gasteiger partial charge is 0.272 e. The van der Waals surface area contributed by atoms with Crippen LogP contribution < -0.4 is 5.43 Å². The predicted molar refractivity (Wildman–Crippen MR) is 128 cm³/mol. The Morgan fingerprint density at radius 2 is 1.78 bits per heavy atom. The van der Waals surface area contributed by atoms with E-state index in [0.717, 1.165) is 27.7 Å². The molecule has 0 fully saturated rings. The van der Waals surface area contributed by atoms with Crippen molar-refractivity contribution in [1.29, 1.82) is 0 Å². The maximum atomic E-state index is 12.4. The van der Waals surface area contributed by atoms with Gasteiger partial charge in [-0.2, -0.15) is 5.10 Å². The molecular formula is C24H19BrN4O3. The highest BCUT2D eigenvalue weighted by Crippen LogP contribution is 2.26. The summed E-state index contributed by atoms with van der Waals surface area (Å²) in [6.07, 6.45) is 1.65. The molecule has 0 atom stereocenters. The van der Waals surface area contributed by atoms with Crippen LogP contribution in [0, 0.1) is 17.0 Å². The van der Waals surface area contributed by atoms with Gasteiger partial charge in [-0.25, -0.2) is 5.43 Å². The van der Waals surface area contributed by atoms with Crippen molar-refractivity contribution in [3.05, 3.63) is 110 Å². The Morgan fingerprint density at radius 3 is 2.50 bits per heavy atom. The van der Waals surface area contributed by atoms with Gasteiger partial charge in [0, 0.05) is 45.3 Å². The van der Waals surface area contributed by atoms with Crippen LogP contribution in [0.15, 0.2) is 82.4 Å². The van der Waals surface area contributed by atoms with E-state index in [-0.39, 0.29) is 11.6 Å². The fourth-order valence-electron chi connectivity index (χ4n) is 3.59. The lowest BCUT2D eigenvalue weighted by Crippen LogP contribution is -2.18. The molecule has 4 rings (SSSR count). The molecule has 0 spiro atoms. The molecule has 0 aliphatic carbocycles. The highest BCUT2D eigenvalue weighted by atomic mass is 79.9. The molecule has 0 aliphatic heterocycles. The van der Waals surface area contributed by atoms with Gasteiger partial charge in [0.15, 0.2) is 0 Å². The molecule has 0 saturated carbocycles. The van der Waals surface area contributed by atoms with E-state index in [4.69, 9.17) is 0 Å². The average Bonchev–Trinajstić information content (AvgIpc) is 3.05. The van der Waals surface area contributed by atoms with E-state index in [2.05, 4.69) is 31.0 Å². The molecule has 1 aromatic heterocycles. The van der Waals surface area contributed by atoms with Gasteiger partial charge < -0.3 is 4.57 Å². The van der Waals surface area contributed by atoms with Crippen LogP contribution in [0.2, 0.25) is 0 Å². The van der Waals surface area contributed by atoms with Gasteiger partial charge in [-0.15, -0.1) is 0 Å². The standard InChI is InChI=1S/C24H19BrN4O3/c1-16-21(14-26-27-24(30)20-7-2-4-8-22(20)25)19-6-3-5-9-23(19)28(16)15-17-10-12-18(13-11-17)29(31)32/h2-14H,15H2,1H3,(H,27,30)/b26-14-. The molecule has 1 heterocycles. The number of nitro benzene ring substituents is 1. The van der Waals surface area contributed by atoms with E-state index in [1.165, 1.54) is 12.1 Å². The summed E-state index contributed by atoms with van der Waals surface area (Å²) in [5.74, 6) is -0.305. The maximum absolute atomic E-state index is 12.4. The summed E-state index contributed by atoms with van der Waals surface area (Å²) in [5, 5.41) is 16.1. The van der Waals surface area contributed by atoms with Crippen LogP contribution in [0.1, 0.15) is 27.2 Å². The Morgan fingerprint density at radius 1 is 1.09 bits per heavy atom. The summed E-state index contributed by atoms with van der Waals surface area (Å²) in [6, 6.07) is 21.6. The minimum Gasteiger partial charge on any atom is -0.340 e. The van der Waals surface area contributed by atoms with E-state index < -0.39 is 4.92 Å². The number of nitrogens with one attached hydrogen (secondary N) is 1. The number of fused-ring (bicyclic) bond motifs is 1. The van der Waals surface area contributed by atoms with Gasteiger partial charge in [0.05, 0.1) is 16.7 Å². The number of hydrogen-bond donors (Lipinski definition) is 1. The molecular weight excluding hydrogens is 472 g/mol. The van der Waals surface area contributed by atoms with Crippen LogP contribution in [-0.2, 0) is 6.54 Å². The number of halogens is 1. The van der Waals surface area contributed by atoms with Gasteiger partial charge in [0.1, 0.15) is 0 Å². The van der Waals surface area contributed by atoms with Gasteiger partial charge in [-0.05, 0) is 46.6 Å². The lowest BCUT2D eigenvalue weighted by molar-refractivity contribution is -0.384. The SMILES string of the molecule is Cc1c(/C=N\NC(=O)c2ccccc2Br)c2ccccc2n1Cc1ccc([N+](=O)[O-])cc1. The van der Waals surface area contributed by atoms with E-state index in [0.29, 0.717) is 16.6 Å². The van der Waals surface area contributed by atoms with E-state index in [9.17, 15) is 14.9 Å². The third-order valence-electron chi connectivity index (χ3n) is 5.25. The van der Waals surface area contributed by atoms with Crippen LogP contribution in [0.3, 0.4) is 0 Å². The van der Waals surface area contributed by atoms with Crippen molar-refractivity contribution < 1.29 is 9.72 Å². The number of non-ortho nitro benzene ring substituents is 1. The number of nitrogens with zero attached hydrogens (tertiary/aromatic N) is 3. The van der Waals surface area contributed by atoms with Crippen LogP contribution in [0.5, 0.6) is 0 Å². The summed E-state index contributed by atoms with van der Waals surface area (Å²) in [7, 11) is 0. The molecule has 1 N–H and O–H groups in total. The Hall–Kier alpha value is -3.78. The average molecular weight is 491 g/mol. The third-order valence-corrected chi connectivity index (χ3v) is 5.94. The second-order valence-corrected chi connectivity index (χ2v) is 8.06. The number of benzene rings is 3. The lowest BCUT2D eigenvalue weighted by atomic mass is 10.1. The Kier molecular flexibility index (Phi) is 6.13. The lowest BCUT2D eigenvalue weighted by Gasteiger charge is -2.08. The molecule has 0 bridgehead atoms. The molecule has 0 radical (unpaired) electrons. The summed E-state index contributed by atoms with van der Waals surface area (Å²) in [6.45, 7) is 2.55. The maximum Gasteiger partial charge on any atom is 0.272 e. The topological polar surface area (TPSA) is 89.5 Å². The summed E-state index contributed by atoms with van der Waals surface area (Å²) in [5.41, 5.74) is 6.99. The van der Waals surface area contributed by atoms with Gasteiger partial charge in [-0.1, -0.05) is 42.5 Å². The Bertz CT molecular complexity index is 1340. The highest BCUT2D eigenvalue weighted by molar-refractivity contribution is 9.10. The first-order valence-corrected chi connectivity index (χ1v) is 10.6. The molecule has 8 heteroatoms.